The average Bonchev–Trinajstić information content (AvgIpc) is 2.55. The second kappa shape index (κ2) is 22.5. The maximum atomic E-state index is 11.3. The average molecular weight is 436 g/mol. The zero-order valence-corrected chi connectivity index (χ0v) is 22.5. The van der Waals surface area contributed by atoms with E-state index in [1.165, 1.54) is 57.8 Å². The summed E-state index contributed by atoms with van der Waals surface area (Å²) in [5.41, 5.74) is 0. The Hall–Kier alpha value is 0.830. The van der Waals surface area contributed by atoms with Gasteiger partial charge in [0, 0.05) is 12.2 Å². The van der Waals surface area contributed by atoms with Crippen LogP contribution in [0.3, 0.4) is 0 Å². The molecule has 0 saturated carbocycles. The van der Waals surface area contributed by atoms with E-state index in [2.05, 4.69) is 11.4 Å². The van der Waals surface area contributed by atoms with E-state index in [-0.39, 0.29) is 65.7 Å². The van der Waals surface area contributed by atoms with E-state index in [1.807, 2.05) is 0 Å². The molecular formula is C18H31Na2O7P. The van der Waals surface area contributed by atoms with Crippen molar-refractivity contribution in [3.63, 3.8) is 0 Å². The molecule has 0 atom stereocenters. The van der Waals surface area contributed by atoms with Gasteiger partial charge < -0.3 is 23.6 Å². The molecule has 10 heteroatoms. The molecule has 0 aliphatic heterocycles. The summed E-state index contributed by atoms with van der Waals surface area (Å²) in [6.07, 6.45) is 15.7. The van der Waals surface area contributed by atoms with Crippen LogP contribution in [0.2, 0.25) is 0 Å². The molecule has 7 nitrogen and oxygen atoms in total. The van der Waals surface area contributed by atoms with Gasteiger partial charge in [-0.1, -0.05) is 77.6 Å². The minimum Gasteiger partial charge on any atom is -0.780 e. The van der Waals surface area contributed by atoms with Crippen molar-refractivity contribution in [1.29, 1.82) is 0 Å². The molecule has 0 fully saturated rings. The van der Waals surface area contributed by atoms with Gasteiger partial charge >= 0.3 is 71.1 Å². The topological polar surface area (TPSA) is 116 Å². The van der Waals surface area contributed by atoms with Crippen molar-refractivity contribution < 1.29 is 92.3 Å². The number of carbonyl (C=O) groups excluding carboxylic acids is 2. The molecule has 152 valence electrons. The Morgan fingerprint density at radius 3 is 1.57 bits per heavy atom. The summed E-state index contributed by atoms with van der Waals surface area (Å²) in [7, 11) is -5.39. The van der Waals surface area contributed by atoms with Crippen LogP contribution in [0.1, 0.15) is 84.0 Å². The van der Waals surface area contributed by atoms with Gasteiger partial charge in [-0.25, -0.2) is 9.59 Å². The summed E-state index contributed by atoms with van der Waals surface area (Å²) in [5, 5.41) is 0. The van der Waals surface area contributed by atoms with Gasteiger partial charge in [0.1, 0.15) is 7.82 Å². The number of ether oxygens (including phenoxy) is 1. The quantitative estimate of drug-likeness (QED) is 0.0842. The van der Waals surface area contributed by atoms with Crippen LogP contribution in [-0.2, 0) is 23.4 Å². The number of phosphoric ester groups is 1. The van der Waals surface area contributed by atoms with Gasteiger partial charge in [0.15, 0.2) is 0 Å². The molecule has 0 saturated heterocycles. The van der Waals surface area contributed by atoms with Crippen LogP contribution in [0.4, 0.5) is 0 Å². The van der Waals surface area contributed by atoms with E-state index in [4.69, 9.17) is 4.74 Å². The van der Waals surface area contributed by atoms with Crippen LogP contribution in [0, 0.1) is 0 Å². The van der Waals surface area contributed by atoms with Crippen molar-refractivity contribution in [3.8, 4) is 0 Å². The third-order valence-corrected chi connectivity index (χ3v) is 4.20. The third-order valence-electron chi connectivity index (χ3n) is 3.80. The molecule has 0 N–H and O–H groups in total. The molecule has 0 amide bonds. The molecule has 0 spiro atoms. The number of esters is 1. The Bertz CT molecular complexity index is 467. The maximum Gasteiger partial charge on any atom is 1.00 e. The van der Waals surface area contributed by atoms with Gasteiger partial charge in [-0.3, -0.25) is 0 Å². The zero-order valence-electron chi connectivity index (χ0n) is 17.7. The molecule has 0 rings (SSSR count). The summed E-state index contributed by atoms with van der Waals surface area (Å²) in [6, 6.07) is 0. The van der Waals surface area contributed by atoms with E-state index >= 15 is 0 Å². The Labute approximate surface area is 213 Å². The molecule has 28 heavy (non-hydrogen) atoms. The summed E-state index contributed by atoms with van der Waals surface area (Å²) in [4.78, 5) is 42.5. The standard InChI is InChI=1S/C18H33O7P.2Na/c1-2-3-4-5-6-7-8-9-10-11-12-13-16-24-17(19)14-15-18(20)25-26(21,22)23;;/h14-15H,2-13,16H2,1H3,(H2,21,22,23);;/q;2*+1/p-2/b15-14-;;. The van der Waals surface area contributed by atoms with Gasteiger partial charge in [0.05, 0.1) is 6.61 Å². The first-order chi connectivity index (χ1) is 12.3. The number of carbonyl (C=O) groups is 2. The Balaban J connectivity index is -0.00000312. The molecule has 0 aliphatic carbocycles. The Morgan fingerprint density at radius 2 is 1.14 bits per heavy atom. The Morgan fingerprint density at radius 1 is 0.750 bits per heavy atom. The summed E-state index contributed by atoms with van der Waals surface area (Å²) >= 11 is 0. The third kappa shape index (κ3) is 26.8. The fourth-order valence-electron chi connectivity index (χ4n) is 2.44. The molecule has 0 aromatic carbocycles. The first-order valence-corrected chi connectivity index (χ1v) is 10.9. The van der Waals surface area contributed by atoms with E-state index < -0.39 is 19.8 Å². The normalized spacial score (nSPS) is 10.8. The van der Waals surface area contributed by atoms with E-state index in [1.54, 1.807) is 0 Å². The fourth-order valence-corrected chi connectivity index (χ4v) is 2.72. The van der Waals surface area contributed by atoms with Gasteiger partial charge in [-0.05, 0) is 6.42 Å². The van der Waals surface area contributed by atoms with Crippen LogP contribution in [-0.4, -0.2) is 18.5 Å². The summed E-state index contributed by atoms with van der Waals surface area (Å²) in [5.74, 6) is -2.20. The van der Waals surface area contributed by atoms with Crippen molar-refractivity contribution in [1.82, 2.24) is 0 Å². The van der Waals surface area contributed by atoms with Crippen molar-refractivity contribution in [2.45, 2.75) is 84.0 Å². The fraction of sp³-hybridized carbons (Fsp3) is 0.778. The van der Waals surface area contributed by atoms with Crippen molar-refractivity contribution in [3.05, 3.63) is 12.2 Å². The number of rotatable bonds is 16. The molecule has 0 aliphatic rings. The number of hydrogen-bond acceptors (Lipinski definition) is 7. The first kappa shape index (κ1) is 33.5. The van der Waals surface area contributed by atoms with Gasteiger partial charge in [-0.15, -0.1) is 0 Å². The number of phosphoric acid groups is 1. The monoisotopic (exact) mass is 436 g/mol. The van der Waals surface area contributed by atoms with Crippen molar-refractivity contribution in [2.24, 2.45) is 0 Å². The number of unbranched alkanes of at least 4 members (excludes halogenated alkanes) is 11. The van der Waals surface area contributed by atoms with Crippen molar-refractivity contribution >= 4 is 19.8 Å². The second-order valence-electron chi connectivity index (χ2n) is 6.25. The van der Waals surface area contributed by atoms with Gasteiger partial charge in [-0.2, -0.15) is 0 Å². The molecule has 0 bridgehead atoms. The number of hydrogen-bond donors (Lipinski definition) is 0. The molecule has 0 aromatic rings. The maximum absolute atomic E-state index is 11.3. The summed E-state index contributed by atoms with van der Waals surface area (Å²) in [6.45, 7) is 2.46. The molecule has 0 radical (unpaired) electrons. The predicted molar refractivity (Wildman–Crippen MR) is 94.9 cm³/mol. The Kier molecular flexibility index (Phi) is 26.9. The van der Waals surface area contributed by atoms with E-state index in [0.29, 0.717) is 6.08 Å². The van der Waals surface area contributed by atoms with Crippen LogP contribution in [0.5, 0.6) is 0 Å². The SMILES string of the molecule is CCCCCCCCCCCCCCOC(=O)/C=C\C(=O)OP(=O)([O-])[O-].[Na+].[Na+]. The second-order valence-corrected chi connectivity index (χ2v) is 7.32. The zero-order chi connectivity index (χ0) is 19.7. The first-order valence-electron chi connectivity index (χ1n) is 9.45. The molecular weight excluding hydrogens is 405 g/mol. The van der Waals surface area contributed by atoms with Gasteiger partial charge in [0.25, 0.3) is 0 Å². The van der Waals surface area contributed by atoms with Gasteiger partial charge in [0.2, 0.25) is 0 Å². The summed E-state index contributed by atoms with van der Waals surface area (Å²) < 4.78 is 18.6. The van der Waals surface area contributed by atoms with Crippen LogP contribution >= 0.6 is 7.82 Å². The minimum absolute atomic E-state index is 0. The van der Waals surface area contributed by atoms with E-state index in [0.717, 1.165) is 25.3 Å². The molecule has 0 aromatic heterocycles. The van der Waals surface area contributed by atoms with Crippen LogP contribution in [0.15, 0.2) is 12.2 Å². The minimum atomic E-state index is -5.39. The van der Waals surface area contributed by atoms with Crippen LogP contribution in [0.25, 0.3) is 0 Å². The van der Waals surface area contributed by atoms with Crippen LogP contribution < -0.4 is 68.9 Å². The molecule has 0 unspecified atom stereocenters. The van der Waals surface area contributed by atoms with Crippen molar-refractivity contribution in [2.75, 3.05) is 6.61 Å². The van der Waals surface area contributed by atoms with E-state index in [9.17, 15) is 23.9 Å². The largest absolute Gasteiger partial charge is 1.00 e. The predicted octanol–water partition coefficient (Wildman–Crippen LogP) is -2.83. The molecule has 0 heterocycles. The smallest absolute Gasteiger partial charge is 0.780 e.